The van der Waals surface area contributed by atoms with Crippen molar-refractivity contribution in [2.45, 2.75) is 25.2 Å². The Labute approximate surface area is 193 Å². The fourth-order valence-corrected chi connectivity index (χ4v) is 4.53. The maximum absolute atomic E-state index is 12.2. The summed E-state index contributed by atoms with van der Waals surface area (Å²) in [4.78, 5) is 36.6. The topological polar surface area (TPSA) is 95.9 Å². The van der Waals surface area contributed by atoms with Gasteiger partial charge < -0.3 is 20.1 Å². The maximum Gasteiger partial charge on any atom is 0.407 e. The number of fused-ring (bicyclic) bond motifs is 3. The number of hydrogen-bond acceptors (Lipinski definition) is 4. The number of carboxylic acid groups (broad SMARTS) is 1. The molecule has 2 N–H and O–H groups in total. The zero-order chi connectivity index (χ0) is 23.2. The highest BCUT2D eigenvalue weighted by Gasteiger charge is 2.30. The van der Waals surface area contributed by atoms with Crippen LogP contribution in [0.1, 0.15) is 36.3 Å². The van der Waals surface area contributed by atoms with Gasteiger partial charge in [0.1, 0.15) is 6.61 Å². The molecule has 0 saturated carbocycles. The highest BCUT2D eigenvalue weighted by Crippen LogP contribution is 2.44. The molecule has 1 saturated heterocycles. The molecule has 7 nitrogen and oxygen atoms in total. The first-order valence-corrected chi connectivity index (χ1v) is 11.3. The number of alkyl carbamates (subject to hydrolysis) is 1. The second-order valence-corrected chi connectivity index (χ2v) is 8.50. The second kappa shape index (κ2) is 10.3. The Morgan fingerprint density at radius 3 is 2.30 bits per heavy atom. The molecule has 0 radical (unpaired) electrons. The molecule has 0 spiro atoms. The Balaban J connectivity index is 1.17. The standard InChI is InChI=1S/C26H28N2O5/c29-24(28-15-18(16-28)7-5-13-25(30)31)12-6-14-27-26(32)33-17-23-21-10-3-1-8-19(21)20-9-2-4-11-22(20)23/h1-4,6,8-12,18,23H,5,7,13-17H2,(H,27,32)(H,30,31)/b12-6+. The van der Waals surface area contributed by atoms with E-state index in [9.17, 15) is 14.4 Å². The lowest BCUT2D eigenvalue weighted by Crippen LogP contribution is -2.49. The Hall–Kier alpha value is -3.61. The van der Waals surface area contributed by atoms with E-state index in [1.807, 2.05) is 24.3 Å². The highest BCUT2D eigenvalue weighted by molar-refractivity contribution is 5.88. The molecule has 1 heterocycles. The van der Waals surface area contributed by atoms with Gasteiger partial charge in [-0.05, 0) is 41.0 Å². The van der Waals surface area contributed by atoms with Crippen molar-refractivity contribution in [3.8, 4) is 11.1 Å². The van der Waals surface area contributed by atoms with E-state index < -0.39 is 12.1 Å². The predicted octanol–water partition coefficient (Wildman–Crippen LogP) is 3.79. The predicted molar refractivity (Wildman–Crippen MR) is 124 cm³/mol. The summed E-state index contributed by atoms with van der Waals surface area (Å²) in [5.74, 6) is -0.497. The third kappa shape index (κ3) is 5.42. The molecule has 0 unspecified atom stereocenters. The van der Waals surface area contributed by atoms with Crippen LogP contribution in [-0.2, 0) is 14.3 Å². The van der Waals surface area contributed by atoms with Crippen molar-refractivity contribution >= 4 is 18.0 Å². The Bertz CT molecular complexity index is 1010. The van der Waals surface area contributed by atoms with Gasteiger partial charge in [-0.25, -0.2) is 4.79 Å². The molecule has 2 aliphatic rings. The van der Waals surface area contributed by atoms with Gasteiger partial charge in [0.05, 0.1) is 0 Å². The molecule has 2 amide bonds. The fourth-order valence-electron chi connectivity index (χ4n) is 4.53. The van der Waals surface area contributed by atoms with Gasteiger partial charge in [-0.2, -0.15) is 0 Å². The van der Waals surface area contributed by atoms with Crippen molar-refractivity contribution in [1.29, 1.82) is 0 Å². The largest absolute Gasteiger partial charge is 0.481 e. The number of nitrogens with zero attached hydrogens (tertiary/aromatic N) is 1. The summed E-state index contributed by atoms with van der Waals surface area (Å²) in [6.45, 7) is 1.77. The summed E-state index contributed by atoms with van der Waals surface area (Å²) in [6.07, 6.45) is 4.19. The summed E-state index contributed by atoms with van der Waals surface area (Å²) in [5, 5.41) is 11.3. The number of amides is 2. The van der Waals surface area contributed by atoms with Gasteiger partial charge in [0.25, 0.3) is 0 Å². The molecule has 2 aromatic carbocycles. The van der Waals surface area contributed by atoms with E-state index in [0.717, 1.165) is 17.5 Å². The SMILES string of the molecule is O=C(O)CCCC1CN(C(=O)/C=C/CNC(=O)OCC2c3ccccc3-c3ccccc32)C1. The lowest BCUT2D eigenvalue weighted by atomic mass is 9.94. The van der Waals surface area contributed by atoms with E-state index in [1.165, 1.54) is 17.2 Å². The number of benzene rings is 2. The van der Waals surface area contributed by atoms with Gasteiger partial charge in [0.2, 0.25) is 5.91 Å². The number of hydrogen-bond donors (Lipinski definition) is 2. The van der Waals surface area contributed by atoms with E-state index in [4.69, 9.17) is 9.84 Å². The number of carbonyl (C=O) groups is 3. The van der Waals surface area contributed by atoms with Gasteiger partial charge >= 0.3 is 12.1 Å². The van der Waals surface area contributed by atoms with Crippen LogP contribution >= 0.6 is 0 Å². The number of ether oxygens (including phenoxy) is 1. The van der Waals surface area contributed by atoms with E-state index >= 15 is 0 Å². The Kier molecular flexibility index (Phi) is 7.07. The molecule has 33 heavy (non-hydrogen) atoms. The number of nitrogens with one attached hydrogen (secondary N) is 1. The van der Waals surface area contributed by atoms with Gasteiger partial charge in [0.15, 0.2) is 0 Å². The molecular formula is C26H28N2O5. The molecular weight excluding hydrogens is 420 g/mol. The molecule has 1 fully saturated rings. The number of aliphatic carboxylic acids is 1. The van der Waals surface area contributed by atoms with Gasteiger partial charge in [-0.3, -0.25) is 9.59 Å². The fraction of sp³-hybridized carbons (Fsp3) is 0.346. The quantitative estimate of drug-likeness (QED) is 0.569. The first-order chi connectivity index (χ1) is 16.0. The summed E-state index contributed by atoms with van der Waals surface area (Å²) < 4.78 is 5.47. The summed E-state index contributed by atoms with van der Waals surface area (Å²) in [5.41, 5.74) is 4.68. The third-order valence-electron chi connectivity index (χ3n) is 6.24. The van der Waals surface area contributed by atoms with Crippen LogP contribution in [0.5, 0.6) is 0 Å². The molecule has 1 aliphatic carbocycles. The van der Waals surface area contributed by atoms with Crippen LogP contribution in [0.3, 0.4) is 0 Å². The number of carbonyl (C=O) groups excluding carboxylic acids is 2. The van der Waals surface area contributed by atoms with Crippen molar-refractivity contribution < 1.29 is 24.2 Å². The van der Waals surface area contributed by atoms with Crippen LogP contribution in [0.15, 0.2) is 60.7 Å². The van der Waals surface area contributed by atoms with Crippen LogP contribution in [0.2, 0.25) is 0 Å². The minimum absolute atomic E-state index is 0.00938. The number of carboxylic acids is 1. The monoisotopic (exact) mass is 448 g/mol. The van der Waals surface area contributed by atoms with Crippen LogP contribution in [0.4, 0.5) is 4.79 Å². The minimum Gasteiger partial charge on any atom is -0.481 e. The third-order valence-corrected chi connectivity index (χ3v) is 6.24. The first kappa shape index (κ1) is 22.6. The lowest BCUT2D eigenvalue weighted by molar-refractivity contribution is -0.138. The van der Waals surface area contributed by atoms with Crippen LogP contribution in [0, 0.1) is 5.92 Å². The maximum atomic E-state index is 12.2. The Morgan fingerprint density at radius 2 is 1.67 bits per heavy atom. The second-order valence-electron chi connectivity index (χ2n) is 8.50. The van der Waals surface area contributed by atoms with Crippen molar-refractivity contribution in [3.63, 3.8) is 0 Å². The molecule has 4 rings (SSSR count). The van der Waals surface area contributed by atoms with Crippen molar-refractivity contribution in [3.05, 3.63) is 71.8 Å². The van der Waals surface area contributed by atoms with Crippen molar-refractivity contribution in [1.82, 2.24) is 10.2 Å². The molecule has 0 atom stereocenters. The zero-order valence-electron chi connectivity index (χ0n) is 18.4. The molecule has 7 heteroatoms. The van der Waals surface area contributed by atoms with Crippen LogP contribution in [-0.4, -0.2) is 54.2 Å². The number of likely N-dealkylation sites (tertiary alicyclic amines) is 1. The lowest BCUT2D eigenvalue weighted by Gasteiger charge is -2.38. The van der Waals surface area contributed by atoms with E-state index in [1.54, 1.807) is 11.0 Å². The van der Waals surface area contributed by atoms with Crippen molar-refractivity contribution in [2.75, 3.05) is 26.2 Å². The van der Waals surface area contributed by atoms with Gasteiger partial charge in [-0.15, -0.1) is 0 Å². The minimum atomic E-state index is -0.783. The van der Waals surface area contributed by atoms with Gasteiger partial charge in [-0.1, -0.05) is 54.6 Å². The summed E-state index contributed by atoms with van der Waals surface area (Å²) in [7, 11) is 0. The van der Waals surface area contributed by atoms with Crippen LogP contribution in [0.25, 0.3) is 11.1 Å². The zero-order valence-corrected chi connectivity index (χ0v) is 18.4. The molecule has 0 bridgehead atoms. The van der Waals surface area contributed by atoms with Gasteiger partial charge in [0, 0.05) is 38.0 Å². The average Bonchev–Trinajstić information content (AvgIpc) is 3.10. The summed E-state index contributed by atoms with van der Waals surface area (Å²) in [6, 6.07) is 16.3. The van der Waals surface area contributed by atoms with E-state index in [0.29, 0.717) is 25.4 Å². The first-order valence-electron chi connectivity index (χ1n) is 11.3. The van der Waals surface area contributed by atoms with Crippen molar-refractivity contribution in [2.24, 2.45) is 5.92 Å². The molecule has 1 aliphatic heterocycles. The van der Waals surface area contributed by atoms with E-state index in [-0.39, 0.29) is 31.4 Å². The molecule has 0 aromatic heterocycles. The average molecular weight is 449 g/mol. The molecule has 2 aromatic rings. The van der Waals surface area contributed by atoms with Crippen LogP contribution < -0.4 is 5.32 Å². The smallest absolute Gasteiger partial charge is 0.407 e. The summed E-state index contributed by atoms with van der Waals surface area (Å²) >= 11 is 0. The normalized spacial score (nSPS) is 15.1. The number of rotatable bonds is 9. The Morgan fingerprint density at radius 1 is 1.03 bits per heavy atom. The molecule has 172 valence electrons. The van der Waals surface area contributed by atoms with E-state index in [2.05, 4.69) is 29.6 Å². The highest BCUT2D eigenvalue weighted by atomic mass is 16.5.